The van der Waals surface area contributed by atoms with E-state index in [1.165, 1.54) is 6.26 Å². The zero-order chi connectivity index (χ0) is 11.4. The second-order valence-electron chi connectivity index (χ2n) is 3.92. The third-order valence-corrected chi connectivity index (χ3v) is 2.50. The van der Waals surface area contributed by atoms with Crippen molar-refractivity contribution in [2.24, 2.45) is 0 Å². The van der Waals surface area contributed by atoms with Gasteiger partial charge in [-0.2, -0.15) is 0 Å². The van der Waals surface area contributed by atoms with Crippen LogP contribution in [0.5, 0.6) is 0 Å². The lowest BCUT2D eigenvalue weighted by Gasteiger charge is -2.23. The van der Waals surface area contributed by atoms with E-state index in [1.807, 2.05) is 0 Å². The minimum atomic E-state index is -1.13. The highest BCUT2D eigenvalue weighted by Crippen LogP contribution is 2.08. The van der Waals surface area contributed by atoms with Gasteiger partial charge in [-0.3, -0.25) is 5.32 Å². The molecule has 5 heteroatoms. The fraction of sp³-hybridized carbons (Fsp3) is 0.778. The highest BCUT2D eigenvalue weighted by molar-refractivity contribution is 7.91. The van der Waals surface area contributed by atoms with Gasteiger partial charge in [-0.15, -0.1) is 0 Å². The summed E-state index contributed by atoms with van der Waals surface area (Å²) < 4.78 is 16.1. The summed E-state index contributed by atoms with van der Waals surface area (Å²) in [6.45, 7) is 8.91. The molecule has 0 aliphatic carbocycles. The van der Waals surface area contributed by atoms with Crippen molar-refractivity contribution in [2.75, 3.05) is 6.26 Å². The highest BCUT2D eigenvalue weighted by Gasteiger charge is 2.22. The molecule has 2 unspecified atom stereocenters. The molecule has 0 aromatic rings. The quantitative estimate of drug-likeness (QED) is 0.732. The number of rotatable bonds is 3. The van der Waals surface area contributed by atoms with Gasteiger partial charge in [0, 0.05) is 6.42 Å². The molecule has 4 nitrogen and oxygen atoms in total. The number of amides is 1. The van der Waals surface area contributed by atoms with Crippen LogP contribution in [-0.4, -0.2) is 27.9 Å². The van der Waals surface area contributed by atoms with E-state index in [1.54, 1.807) is 20.8 Å². The van der Waals surface area contributed by atoms with Crippen LogP contribution in [0.4, 0.5) is 4.79 Å². The molecule has 0 fully saturated rings. The van der Waals surface area contributed by atoms with Gasteiger partial charge in [0.1, 0.15) is 5.60 Å². The number of carbonyl (C=O) groups is 1. The Balaban J connectivity index is 4.04. The maximum Gasteiger partial charge on any atom is 0.411 e. The van der Waals surface area contributed by atoms with Gasteiger partial charge in [-0.05, 0) is 38.9 Å². The van der Waals surface area contributed by atoms with Crippen molar-refractivity contribution in [3.05, 3.63) is 6.92 Å². The SMILES string of the molecule is [CH2]CC(NC(=O)OC(C)(C)C)[S+](C)[O-]. The molecule has 1 amide bonds. The van der Waals surface area contributed by atoms with E-state index in [2.05, 4.69) is 12.2 Å². The van der Waals surface area contributed by atoms with Crippen LogP contribution in [0.15, 0.2) is 0 Å². The maximum absolute atomic E-state index is 11.2. The van der Waals surface area contributed by atoms with Crippen LogP contribution < -0.4 is 5.32 Å². The zero-order valence-electron chi connectivity index (χ0n) is 9.12. The number of hydrogen-bond acceptors (Lipinski definition) is 3. The van der Waals surface area contributed by atoms with Gasteiger partial charge in [-0.1, -0.05) is 0 Å². The standard InChI is InChI=1S/C9H18NO3S/c1-6-7(14(5)12)10-8(11)13-9(2,3)4/h7H,1,6H2,2-5H3,(H,10,11). The van der Waals surface area contributed by atoms with E-state index in [-0.39, 0.29) is 0 Å². The molecule has 0 rings (SSSR count). The van der Waals surface area contributed by atoms with Gasteiger partial charge < -0.3 is 9.29 Å². The van der Waals surface area contributed by atoms with Crippen molar-refractivity contribution in [1.29, 1.82) is 0 Å². The van der Waals surface area contributed by atoms with Crippen molar-refractivity contribution in [2.45, 2.75) is 38.2 Å². The average molecular weight is 220 g/mol. The molecular formula is C9H18NO3S. The Labute approximate surface area is 88.6 Å². The molecular weight excluding hydrogens is 202 g/mol. The third kappa shape index (κ3) is 6.10. The van der Waals surface area contributed by atoms with E-state index in [9.17, 15) is 9.35 Å². The van der Waals surface area contributed by atoms with Crippen LogP contribution in [-0.2, 0) is 15.9 Å². The lowest BCUT2D eigenvalue weighted by atomic mass is 10.2. The lowest BCUT2D eigenvalue weighted by molar-refractivity contribution is 0.0520. The van der Waals surface area contributed by atoms with Crippen LogP contribution in [0.1, 0.15) is 27.2 Å². The van der Waals surface area contributed by atoms with Crippen molar-refractivity contribution in [3.63, 3.8) is 0 Å². The molecule has 14 heavy (non-hydrogen) atoms. The van der Waals surface area contributed by atoms with Crippen LogP contribution in [0.3, 0.4) is 0 Å². The summed E-state index contributed by atoms with van der Waals surface area (Å²) in [5.41, 5.74) is -0.537. The lowest BCUT2D eigenvalue weighted by Crippen LogP contribution is -2.42. The average Bonchev–Trinajstić information content (AvgIpc) is 1.96. The van der Waals surface area contributed by atoms with Crippen LogP contribution in [0, 0.1) is 6.92 Å². The summed E-state index contributed by atoms with van der Waals surface area (Å²) in [6, 6.07) is 0. The molecule has 0 heterocycles. The fourth-order valence-corrected chi connectivity index (χ4v) is 1.35. The molecule has 0 bridgehead atoms. The summed E-state index contributed by atoms with van der Waals surface area (Å²) in [7, 11) is 0. The zero-order valence-corrected chi connectivity index (χ0v) is 9.94. The highest BCUT2D eigenvalue weighted by atomic mass is 32.2. The molecule has 2 atom stereocenters. The number of nitrogens with one attached hydrogen (secondary N) is 1. The van der Waals surface area contributed by atoms with Gasteiger partial charge in [0.15, 0.2) is 5.37 Å². The molecule has 1 radical (unpaired) electrons. The van der Waals surface area contributed by atoms with Crippen molar-refractivity contribution >= 4 is 17.3 Å². The van der Waals surface area contributed by atoms with Crippen molar-refractivity contribution in [1.82, 2.24) is 5.32 Å². The van der Waals surface area contributed by atoms with Gasteiger partial charge in [0.2, 0.25) is 0 Å². The van der Waals surface area contributed by atoms with E-state index in [4.69, 9.17) is 4.74 Å². The largest absolute Gasteiger partial charge is 0.615 e. The van der Waals surface area contributed by atoms with E-state index in [0.29, 0.717) is 6.42 Å². The normalized spacial score (nSPS) is 15.9. The van der Waals surface area contributed by atoms with E-state index in [0.717, 1.165) is 0 Å². The third-order valence-electron chi connectivity index (χ3n) is 1.34. The molecule has 83 valence electrons. The van der Waals surface area contributed by atoms with Crippen LogP contribution >= 0.6 is 0 Å². The Morgan fingerprint density at radius 3 is 2.43 bits per heavy atom. The van der Waals surface area contributed by atoms with E-state index >= 15 is 0 Å². The monoisotopic (exact) mass is 220 g/mol. The molecule has 0 aliphatic heterocycles. The molecule has 0 aromatic heterocycles. The van der Waals surface area contributed by atoms with Crippen molar-refractivity contribution in [3.8, 4) is 0 Å². The summed E-state index contributed by atoms with van der Waals surface area (Å²) >= 11 is -1.13. The van der Waals surface area contributed by atoms with Crippen LogP contribution in [0.2, 0.25) is 0 Å². The summed E-state index contributed by atoms with van der Waals surface area (Å²) in [5.74, 6) is 0. The first kappa shape index (κ1) is 13.6. The molecule has 0 saturated carbocycles. The Bertz CT molecular complexity index is 189. The number of ether oxygens (including phenoxy) is 1. The smallest absolute Gasteiger partial charge is 0.411 e. The van der Waals surface area contributed by atoms with Gasteiger partial charge in [0.05, 0.1) is 6.26 Å². The first-order chi connectivity index (χ1) is 6.26. The predicted molar refractivity (Wildman–Crippen MR) is 57.2 cm³/mol. The Hall–Kier alpha value is -0.420. The Morgan fingerprint density at radius 1 is 1.64 bits per heavy atom. The first-order valence-electron chi connectivity index (χ1n) is 4.37. The molecule has 0 aliphatic rings. The van der Waals surface area contributed by atoms with Gasteiger partial charge in [-0.25, -0.2) is 4.79 Å². The van der Waals surface area contributed by atoms with Crippen molar-refractivity contribution < 1.29 is 14.1 Å². The first-order valence-corrected chi connectivity index (χ1v) is 5.99. The second kappa shape index (κ2) is 5.46. The fourth-order valence-electron chi connectivity index (χ4n) is 0.760. The number of hydrogen-bond donors (Lipinski definition) is 1. The van der Waals surface area contributed by atoms with Gasteiger partial charge in [0.25, 0.3) is 0 Å². The number of alkyl carbamates (subject to hydrolysis) is 1. The Morgan fingerprint density at radius 2 is 2.14 bits per heavy atom. The molecule has 0 spiro atoms. The van der Waals surface area contributed by atoms with E-state index < -0.39 is 28.2 Å². The Kier molecular flexibility index (Phi) is 5.29. The minimum Gasteiger partial charge on any atom is -0.615 e. The molecule has 0 saturated heterocycles. The summed E-state index contributed by atoms with van der Waals surface area (Å²) in [5, 5.41) is 2.06. The summed E-state index contributed by atoms with van der Waals surface area (Å²) in [6.07, 6.45) is 1.34. The predicted octanol–water partition coefficient (Wildman–Crippen LogP) is 1.44. The molecule has 1 N–H and O–H groups in total. The maximum atomic E-state index is 11.2. The van der Waals surface area contributed by atoms with Crippen LogP contribution in [0.25, 0.3) is 0 Å². The molecule has 0 aromatic carbocycles. The second-order valence-corrected chi connectivity index (χ2v) is 5.49. The number of carbonyl (C=O) groups excluding carboxylic acids is 1. The minimum absolute atomic E-state index is 0.377. The topological polar surface area (TPSA) is 61.4 Å². The summed E-state index contributed by atoms with van der Waals surface area (Å²) in [4.78, 5) is 11.2. The van der Waals surface area contributed by atoms with Gasteiger partial charge >= 0.3 is 6.09 Å².